The average Bonchev–Trinajstić information content (AvgIpc) is 2.47. The highest BCUT2D eigenvalue weighted by molar-refractivity contribution is 5.27. The third kappa shape index (κ3) is 4.70. The summed E-state index contributed by atoms with van der Waals surface area (Å²) in [5.74, 6) is 0.489. The number of aromatic nitrogens is 3. The van der Waals surface area contributed by atoms with Gasteiger partial charge >= 0.3 is 12.0 Å². The fourth-order valence-electron chi connectivity index (χ4n) is 2.36. The standard InChI is InChI=1S/C14H25N5O2/c1-4-15-12-16-13(20-5-2)18-14(17-12)21-10-11-8-6-7-9-19(11)3/h11H,4-10H2,1-3H3,(H,15,16,17,18). The first kappa shape index (κ1) is 15.8. The van der Waals surface area contributed by atoms with Crippen LogP contribution in [0.5, 0.6) is 12.0 Å². The lowest BCUT2D eigenvalue weighted by molar-refractivity contribution is 0.119. The Balaban J connectivity index is 2.00. The zero-order valence-corrected chi connectivity index (χ0v) is 13.1. The highest BCUT2D eigenvalue weighted by atomic mass is 16.5. The van der Waals surface area contributed by atoms with Gasteiger partial charge in [0.1, 0.15) is 6.61 Å². The zero-order chi connectivity index (χ0) is 15.1. The molecule has 7 nitrogen and oxygen atoms in total. The Kier molecular flexibility index (Phi) is 5.98. The summed E-state index contributed by atoms with van der Waals surface area (Å²) in [6, 6.07) is 1.05. The zero-order valence-electron chi connectivity index (χ0n) is 13.1. The molecule has 0 aliphatic carbocycles. The Morgan fingerprint density at radius 2 is 1.90 bits per heavy atom. The lowest BCUT2D eigenvalue weighted by Gasteiger charge is -2.31. The minimum atomic E-state index is 0.301. The number of piperidine rings is 1. The van der Waals surface area contributed by atoms with E-state index in [9.17, 15) is 0 Å². The summed E-state index contributed by atoms with van der Waals surface area (Å²) < 4.78 is 11.1. The maximum atomic E-state index is 5.77. The van der Waals surface area contributed by atoms with Gasteiger partial charge in [0.2, 0.25) is 5.95 Å². The Hall–Kier alpha value is -1.63. The second-order valence-electron chi connectivity index (χ2n) is 5.13. The smallest absolute Gasteiger partial charge is 0.324 e. The molecule has 0 radical (unpaired) electrons. The minimum absolute atomic E-state index is 0.301. The molecule has 0 spiro atoms. The number of nitrogens with zero attached hydrogens (tertiary/aromatic N) is 4. The summed E-state index contributed by atoms with van der Waals surface area (Å²) in [6.45, 7) is 6.85. The molecule has 1 atom stereocenters. The maximum absolute atomic E-state index is 5.77. The Morgan fingerprint density at radius 3 is 2.57 bits per heavy atom. The molecule has 0 amide bonds. The van der Waals surface area contributed by atoms with E-state index in [1.54, 1.807) is 0 Å². The number of ether oxygens (including phenoxy) is 2. The van der Waals surface area contributed by atoms with Crippen LogP contribution in [0.1, 0.15) is 33.1 Å². The van der Waals surface area contributed by atoms with Crippen molar-refractivity contribution >= 4 is 5.95 Å². The lowest BCUT2D eigenvalue weighted by atomic mass is 10.0. The first-order chi connectivity index (χ1) is 10.2. The van der Waals surface area contributed by atoms with Crippen molar-refractivity contribution in [3.63, 3.8) is 0 Å². The minimum Gasteiger partial charge on any atom is -0.464 e. The van der Waals surface area contributed by atoms with E-state index in [0.29, 0.717) is 37.2 Å². The molecule has 2 heterocycles. The van der Waals surface area contributed by atoms with Gasteiger partial charge in [-0.1, -0.05) is 6.42 Å². The topological polar surface area (TPSA) is 72.4 Å². The van der Waals surface area contributed by atoms with Crippen molar-refractivity contribution in [2.75, 3.05) is 38.7 Å². The highest BCUT2D eigenvalue weighted by Gasteiger charge is 2.20. The van der Waals surface area contributed by atoms with Crippen molar-refractivity contribution in [1.29, 1.82) is 0 Å². The molecule has 1 aromatic heterocycles. The fraction of sp³-hybridized carbons (Fsp3) is 0.786. The van der Waals surface area contributed by atoms with Gasteiger partial charge in [0.15, 0.2) is 0 Å². The van der Waals surface area contributed by atoms with Crippen LogP contribution in [0.4, 0.5) is 5.95 Å². The molecular formula is C14H25N5O2. The quantitative estimate of drug-likeness (QED) is 0.818. The molecule has 1 unspecified atom stereocenters. The van der Waals surface area contributed by atoms with Crippen molar-refractivity contribution in [1.82, 2.24) is 19.9 Å². The Labute approximate surface area is 126 Å². The monoisotopic (exact) mass is 295 g/mol. The molecule has 21 heavy (non-hydrogen) atoms. The van der Waals surface area contributed by atoms with E-state index in [1.165, 1.54) is 12.8 Å². The van der Waals surface area contributed by atoms with E-state index in [4.69, 9.17) is 9.47 Å². The second-order valence-corrected chi connectivity index (χ2v) is 5.13. The molecule has 1 N–H and O–H groups in total. The van der Waals surface area contributed by atoms with Crippen LogP contribution >= 0.6 is 0 Å². The molecule has 0 bridgehead atoms. The summed E-state index contributed by atoms with van der Waals surface area (Å²) in [4.78, 5) is 15.0. The normalized spacial score (nSPS) is 19.3. The van der Waals surface area contributed by atoms with Gasteiger partial charge in [0.25, 0.3) is 0 Å². The predicted octanol–water partition coefficient (Wildman–Crippen LogP) is 1.57. The van der Waals surface area contributed by atoms with Crippen LogP contribution in [0.2, 0.25) is 0 Å². The first-order valence-corrected chi connectivity index (χ1v) is 7.68. The van der Waals surface area contributed by atoms with E-state index >= 15 is 0 Å². The summed E-state index contributed by atoms with van der Waals surface area (Å²) in [7, 11) is 2.14. The molecule has 0 aromatic carbocycles. The van der Waals surface area contributed by atoms with Gasteiger partial charge in [-0.15, -0.1) is 4.98 Å². The van der Waals surface area contributed by atoms with Gasteiger partial charge in [-0.3, -0.25) is 0 Å². The number of hydrogen-bond acceptors (Lipinski definition) is 7. The largest absolute Gasteiger partial charge is 0.464 e. The van der Waals surface area contributed by atoms with Crippen LogP contribution in [0, 0.1) is 0 Å². The van der Waals surface area contributed by atoms with E-state index in [-0.39, 0.29) is 0 Å². The molecule has 0 saturated carbocycles. The van der Waals surface area contributed by atoms with Crippen LogP contribution in [-0.4, -0.2) is 59.2 Å². The van der Waals surface area contributed by atoms with Crippen molar-refractivity contribution < 1.29 is 9.47 Å². The van der Waals surface area contributed by atoms with E-state index < -0.39 is 0 Å². The number of likely N-dealkylation sites (tertiary alicyclic amines) is 1. The fourth-order valence-corrected chi connectivity index (χ4v) is 2.36. The summed E-state index contributed by atoms with van der Waals surface area (Å²) >= 11 is 0. The van der Waals surface area contributed by atoms with Gasteiger partial charge in [-0.25, -0.2) is 0 Å². The van der Waals surface area contributed by atoms with Gasteiger partial charge < -0.3 is 19.7 Å². The van der Waals surface area contributed by atoms with E-state index in [1.807, 2.05) is 13.8 Å². The van der Waals surface area contributed by atoms with Gasteiger partial charge in [-0.05, 0) is 40.3 Å². The number of anilines is 1. The molecule has 118 valence electrons. The molecular weight excluding hydrogens is 270 g/mol. The number of nitrogens with one attached hydrogen (secondary N) is 1. The Morgan fingerprint density at radius 1 is 1.14 bits per heavy atom. The van der Waals surface area contributed by atoms with Crippen molar-refractivity contribution in [3.8, 4) is 12.0 Å². The number of rotatable bonds is 7. The third-order valence-corrected chi connectivity index (χ3v) is 3.53. The van der Waals surface area contributed by atoms with E-state index in [0.717, 1.165) is 19.5 Å². The van der Waals surface area contributed by atoms with Crippen LogP contribution in [0.25, 0.3) is 0 Å². The van der Waals surface area contributed by atoms with Gasteiger partial charge in [0, 0.05) is 12.6 Å². The van der Waals surface area contributed by atoms with Gasteiger partial charge in [-0.2, -0.15) is 9.97 Å². The van der Waals surface area contributed by atoms with Crippen molar-refractivity contribution in [2.45, 2.75) is 39.2 Å². The Bertz CT molecular complexity index is 419. The summed E-state index contributed by atoms with van der Waals surface area (Å²) in [6.07, 6.45) is 3.67. The molecule has 1 saturated heterocycles. The SMILES string of the molecule is CCNc1nc(OCC)nc(OCC2CCCCN2C)n1. The van der Waals surface area contributed by atoms with Crippen molar-refractivity contribution in [2.24, 2.45) is 0 Å². The summed E-state index contributed by atoms with van der Waals surface area (Å²) in [5.41, 5.74) is 0. The first-order valence-electron chi connectivity index (χ1n) is 7.68. The lowest BCUT2D eigenvalue weighted by Crippen LogP contribution is -2.40. The third-order valence-electron chi connectivity index (χ3n) is 3.53. The maximum Gasteiger partial charge on any atom is 0.324 e. The second kappa shape index (κ2) is 7.97. The molecule has 1 fully saturated rings. The van der Waals surface area contributed by atoms with Gasteiger partial charge in [0.05, 0.1) is 6.61 Å². The van der Waals surface area contributed by atoms with Crippen LogP contribution < -0.4 is 14.8 Å². The molecule has 2 rings (SSSR count). The van der Waals surface area contributed by atoms with Crippen LogP contribution in [0.3, 0.4) is 0 Å². The van der Waals surface area contributed by atoms with E-state index in [2.05, 4.69) is 32.2 Å². The average molecular weight is 295 g/mol. The highest BCUT2D eigenvalue weighted by Crippen LogP contribution is 2.17. The number of hydrogen-bond donors (Lipinski definition) is 1. The number of likely N-dealkylation sites (N-methyl/N-ethyl adjacent to an activating group) is 1. The van der Waals surface area contributed by atoms with Crippen LogP contribution in [-0.2, 0) is 0 Å². The molecule has 7 heteroatoms. The van der Waals surface area contributed by atoms with Crippen molar-refractivity contribution in [3.05, 3.63) is 0 Å². The molecule has 1 aromatic rings. The predicted molar refractivity (Wildman–Crippen MR) is 80.9 cm³/mol. The molecule has 1 aliphatic rings. The molecule has 1 aliphatic heterocycles. The summed E-state index contributed by atoms with van der Waals surface area (Å²) in [5, 5.41) is 3.06. The van der Waals surface area contributed by atoms with Crippen LogP contribution in [0.15, 0.2) is 0 Å².